The van der Waals surface area contributed by atoms with Crippen LogP contribution in [-0.2, 0) is 0 Å². The van der Waals surface area contributed by atoms with Gasteiger partial charge < -0.3 is 4.74 Å². The van der Waals surface area contributed by atoms with E-state index in [1.807, 2.05) is 6.07 Å². The van der Waals surface area contributed by atoms with Gasteiger partial charge >= 0.3 is 0 Å². The van der Waals surface area contributed by atoms with Crippen LogP contribution in [0.2, 0.25) is 0 Å². The fourth-order valence-corrected chi connectivity index (χ4v) is 2.19. The molecule has 0 fully saturated rings. The van der Waals surface area contributed by atoms with Gasteiger partial charge in [0.05, 0.1) is 7.11 Å². The van der Waals surface area contributed by atoms with Crippen LogP contribution < -0.4 is 9.88 Å². The summed E-state index contributed by atoms with van der Waals surface area (Å²) in [6.45, 7) is 6.48. The maximum Gasteiger partial charge on any atom is 0.216 e. The average Bonchev–Trinajstić information content (AvgIpc) is 2.28. The predicted molar refractivity (Wildman–Crippen MR) is 69.7 cm³/mol. The Morgan fingerprint density at radius 1 is 1.56 bits per heavy atom. The van der Waals surface area contributed by atoms with Gasteiger partial charge in [0.25, 0.3) is 0 Å². The Morgan fingerprint density at radius 3 is 2.81 bits per heavy atom. The van der Waals surface area contributed by atoms with Gasteiger partial charge in [0.15, 0.2) is 0 Å². The van der Waals surface area contributed by atoms with Crippen molar-refractivity contribution in [2.45, 2.75) is 37.9 Å². The van der Waals surface area contributed by atoms with E-state index in [0.717, 1.165) is 12.0 Å². The number of hydrogen-bond donors (Lipinski definition) is 1. The Kier molecular flexibility index (Phi) is 4.62. The molecule has 4 heteroatoms. The molecule has 1 aromatic heterocycles. The molecule has 2 N–H and O–H groups in total. The number of methoxy groups -OCH3 is 1. The van der Waals surface area contributed by atoms with Crippen molar-refractivity contribution in [2.24, 2.45) is 5.14 Å². The molecular weight excluding hydrogens is 220 g/mol. The van der Waals surface area contributed by atoms with E-state index in [0.29, 0.717) is 11.8 Å². The summed E-state index contributed by atoms with van der Waals surface area (Å²) in [5.74, 6) is 1.10. The molecule has 0 aromatic carbocycles. The molecule has 3 nitrogen and oxygen atoms in total. The van der Waals surface area contributed by atoms with Crippen molar-refractivity contribution < 1.29 is 4.74 Å². The Morgan fingerprint density at radius 2 is 2.25 bits per heavy atom. The first kappa shape index (κ1) is 13.3. The molecule has 0 aliphatic heterocycles. The summed E-state index contributed by atoms with van der Waals surface area (Å²) in [6.07, 6.45) is 2.74. The molecule has 0 amide bonds. The fraction of sp³-hybridized carbons (Fsp3) is 0.583. The number of ether oxygens (including phenoxy) is 1. The molecule has 0 saturated carbocycles. The third kappa shape index (κ3) is 3.39. The highest BCUT2D eigenvalue weighted by molar-refractivity contribution is 7.98. The zero-order valence-corrected chi connectivity index (χ0v) is 11.2. The largest absolute Gasteiger partial charge is 0.481 e. The number of pyridine rings is 1. The van der Waals surface area contributed by atoms with Gasteiger partial charge in [-0.2, -0.15) is 0 Å². The Hall–Kier alpha value is -0.740. The third-order valence-corrected chi connectivity index (χ3v) is 3.45. The highest BCUT2D eigenvalue weighted by Crippen LogP contribution is 2.35. The summed E-state index contributed by atoms with van der Waals surface area (Å²) in [4.78, 5) is 4.21. The smallest absolute Gasteiger partial charge is 0.216 e. The van der Waals surface area contributed by atoms with Gasteiger partial charge in [-0.3, -0.25) is 5.14 Å². The molecule has 1 atom stereocenters. The Balaban J connectivity index is 2.84. The molecule has 0 unspecified atom stereocenters. The van der Waals surface area contributed by atoms with Crippen LogP contribution in [0, 0.1) is 0 Å². The van der Waals surface area contributed by atoms with E-state index in [1.165, 1.54) is 11.9 Å². The van der Waals surface area contributed by atoms with Gasteiger partial charge in [0, 0.05) is 16.5 Å². The lowest BCUT2D eigenvalue weighted by Crippen LogP contribution is -2.20. The molecule has 0 aliphatic rings. The number of nitrogens with two attached hydrogens (primary N) is 1. The van der Waals surface area contributed by atoms with Gasteiger partial charge in [-0.05, 0) is 32.3 Å². The van der Waals surface area contributed by atoms with Crippen molar-refractivity contribution in [2.75, 3.05) is 7.11 Å². The predicted octanol–water partition coefficient (Wildman–Crippen LogP) is 2.97. The van der Waals surface area contributed by atoms with Gasteiger partial charge in [0.2, 0.25) is 5.88 Å². The molecule has 0 radical (unpaired) electrons. The highest BCUT2D eigenvalue weighted by atomic mass is 32.2. The SMILES string of the molecule is COc1ncccc1[C@H](C)CC(C)(C)SN. The molecule has 90 valence electrons. The summed E-state index contributed by atoms with van der Waals surface area (Å²) >= 11 is 1.40. The minimum Gasteiger partial charge on any atom is -0.481 e. The molecule has 0 spiro atoms. The summed E-state index contributed by atoms with van der Waals surface area (Å²) in [7, 11) is 1.65. The van der Waals surface area contributed by atoms with E-state index in [1.54, 1.807) is 13.3 Å². The van der Waals surface area contributed by atoms with Crippen LogP contribution in [0.15, 0.2) is 18.3 Å². The van der Waals surface area contributed by atoms with Crippen LogP contribution in [0.1, 0.15) is 38.7 Å². The molecule has 16 heavy (non-hydrogen) atoms. The lowest BCUT2D eigenvalue weighted by molar-refractivity contribution is 0.386. The summed E-state index contributed by atoms with van der Waals surface area (Å²) in [5.41, 5.74) is 1.15. The first-order valence-electron chi connectivity index (χ1n) is 5.37. The number of nitrogens with zero attached hydrogens (tertiary/aromatic N) is 1. The summed E-state index contributed by atoms with van der Waals surface area (Å²) in [5, 5.41) is 5.67. The minimum absolute atomic E-state index is 0.0697. The van der Waals surface area contributed by atoms with Gasteiger partial charge in [0.1, 0.15) is 0 Å². The van der Waals surface area contributed by atoms with Crippen LogP contribution in [0.5, 0.6) is 5.88 Å². The molecule has 0 aliphatic carbocycles. The average molecular weight is 240 g/mol. The Bertz CT molecular complexity index is 342. The first-order chi connectivity index (χ1) is 7.50. The van der Waals surface area contributed by atoms with Gasteiger partial charge in [-0.1, -0.05) is 24.9 Å². The van der Waals surface area contributed by atoms with E-state index in [9.17, 15) is 0 Å². The fourth-order valence-electron chi connectivity index (χ4n) is 1.84. The van der Waals surface area contributed by atoms with E-state index in [2.05, 4.69) is 31.8 Å². The van der Waals surface area contributed by atoms with Crippen LogP contribution in [-0.4, -0.2) is 16.8 Å². The molecule has 1 heterocycles. The normalized spacial score (nSPS) is 13.6. The maximum absolute atomic E-state index is 5.67. The quantitative estimate of drug-likeness (QED) is 0.804. The number of aromatic nitrogens is 1. The Labute approximate surface area is 102 Å². The molecular formula is C12H20N2OS. The summed E-state index contributed by atoms with van der Waals surface area (Å²) < 4.78 is 5.34. The maximum atomic E-state index is 5.67. The van der Waals surface area contributed by atoms with Crippen molar-refractivity contribution >= 4 is 11.9 Å². The van der Waals surface area contributed by atoms with Crippen LogP contribution in [0.3, 0.4) is 0 Å². The number of hydrogen-bond acceptors (Lipinski definition) is 4. The van der Waals surface area contributed by atoms with Crippen molar-refractivity contribution in [1.82, 2.24) is 4.98 Å². The second-order valence-electron chi connectivity index (χ2n) is 4.58. The lowest BCUT2D eigenvalue weighted by Gasteiger charge is -2.25. The van der Waals surface area contributed by atoms with E-state index >= 15 is 0 Å². The van der Waals surface area contributed by atoms with E-state index in [4.69, 9.17) is 9.88 Å². The minimum atomic E-state index is 0.0697. The molecule has 0 saturated heterocycles. The van der Waals surface area contributed by atoms with Crippen molar-refractivity contribution in [3.05, 3.63) is 23.9 Å². The van der Waals surface area contributed by atoms with Crippen LogP contribution >= 0.6 is 11.9 Å². The first-order valence-corrected chi connectivity index (χ1v) is 6.25. The van der Waals surface area contributed by atoms with Crippen LogP contribution in [0.4, 0.5) is 0 Å². The van der Waals surface area contributed by atoms with Crippen molar-refractivity contribution in [3.8, 4) is 5.88 Å². The molecule has 0 bridgehead atoms. The van der Waals surface area contributed by atoms with Gasteiger partial charge in [-0.15, -0.1) is 0 Å². The lowest BCUT2D eigenvalue weighted by atomic mass is 9.92. The second kappa shape index (κ2) is 5.55. The van der Waals surface area contributed by atoms with Crippen molar-refractivity contribution in [1.29, 1.82) is 0 Å². The highest BCUT2D eigenvalue weighted by Gasteiger charge is 2.23. The number of rotatable bonds is 5. The van der Waals surface area contributed by atoms with Crippen LogP contribution in [0.25, 0.3) is 0 Å². The zero-order chi connectivity index (χ0) is 12.2. The van der Waals surface area contributed by atoms with Crippen molar-refractivity contribution in [3.63, 3.8) is 0 Å². The monoisotopic (exact) mass is 240 g/mol. The third-order valence-electron chi connectivity index (χ3n) is 2.64. The second-order valence-corrected chi connectivity index (χ2v) is 5.93. The topological polar surface area (TPSA) is 48.1 Å². The standard InChI is InChI=1S/C12H20N2OS/c1-9(8-12(2,3)16-13)10-6-5-7-14-11(10)15-4/h5-7,9H,8,13H2,1-4H3/t9-/m1/s1. The zero-order valence-electron chi connectivity index (χ0n) is 10.4. The van der Waals surface area contributed by atoms with Gasteiger partial charge in [-0.25, -0.2) is 4.98 Å². The molecule has 1 aromatic rings. The van der Waals surface area contributed by atoms with E-state index in [-0.39, 0.29) is 4.75 Å². The molecule has 1 rings (SSSR count). The summed E-state index contributed by atoms with van der Waals surface area (Å²) in [6, 6.07) is 4.00. The van der Waals surface area contributed by atoms with E-state index < -0.39 is 0 Å².